The lowest BCUT2D eigenvalue weighted by Crippen LogP contribution is -2.16. The van der Waals surface area contributed by atoms with Crippen LogP contribution >= 0.6 is 0 Å². The monoisotopic (exact) mass is 293 g/mol. The van der Waals surface area contributed by atoms with Crippen LogP contribution in [0.3, 0.4) is 0 Å². The largest absolute Gasteiger partial charge is 0.486 e. The van der Waals surface area contributed by atoms with E-state index in [0.717, 1.165) is 27.8 Å². The predicted octanol–water partition coefficient (Wildman–Crippen LogP) is 3.27. The number of fused-ring (bicyclic) bond motifs is 2. The molecule has 4 heteroatoms. The van der Waals surface area contributed by atoms with Gasteiger partial charge in [-0.15, -0.1) is 0 Å². The van der Waals surface area contributed by atoms with Gasteiger partial charge in [0, 0.05) is 11.5 Å². The maximum absolute atomic E-state index is 12.5. The zero-order chi connectivity index (χ0) is 15.1. The lowest BCUT2D eigenvalue weighted by Gasteiger charge is -2.19. The smallest absolute Gasteiger partial charge is 0.256 e. The highest BCUT2D eigenvalue weighted by atomic mass is 16.6. The SMILES string of the molecule is Cc1c(-c2ccccc2)c(=O)[nH]c2cc3c(cc12)OCCO3. The molecule has 4 nitrogen and oxygen atoms in total. The second-order valence-electron chi connectivity index (χ2n) is 5.36. The van der Waals surface area contributed by atoms with Crippen molar-refractivity contribution >= 4 is 10.9 Å². The highest BCUT2D eigenvalue weighted by Crippen LogP contribution is 2.36. The van der Waals surface area contributed by atoms with Crippen molar-refractivity contribution in [3.63, 3.8) is 0 Å². The second kappa shape index (κ2) is 4.91. The summed E-state index contributed by atoms with van der Waals surface area (Å²) < 4.78 is 11.2. The summed E-state index contributed by atoms with van der Waals surface area (Å²) in [5.41, 5.74) is 3.24. The van der Waals surface area contributed by atoms with Crippen molar-refractivity contribution in [3.8, 4) is 22.6 Å². The van der Waals surface area contributed by atoms with Crippen molar-refractivity contribution in [3.05, 3.63) is 58.4 Å². The highest BCUT2D eigenvalue weighted by molar-refractivity contribution is 5.90. The van der Waals surface area contributed by atoms with Crippen LogP contribution in [-0.2, 0) is 0 Å². The molecular formula is C18H15NO3. The van der Waals surface area contributed by atoms with Gasteiger partial charge in [0.15, 0.2) is 11.5 Å². The summed E-state index contributed by atoms with van der Waals surface area (Å²) in [5, 5.41) is 0.975. The summed E-state index contributed by atoms with van der Waals surface area (Å²) in [6.45, 7) is 3.05. The van der Waals surface area contributed by atoms with Crippen molar-refractivity contribution in [2.45, 2.75) is 6.92 Å². The highest BCUT2D eigenvalue weighted by Gasteiger charge is 2.17. The standard InChI is InChI=1S/C18H15NO3/c1-11-13-9-15-16(22-8-7-21-15)10-14(13)19-18(20)17(11)12-5-3-2-4-6-12/h2-6,9-10H,7-8H2,1H3,(H,19,20). The molecule has 0 fully saturated rings. The Morgan fingerprint density at radius 2 is 1.68 bits per heavy atom. The summed E-state index contributed by atoms with van der Waals surface area (Å²) in [6.07, 6.45) is 0. The third-order valence-electron chi connectivity index (χ3n) is 4.00. The van der Waals surface area contributed by atoms with Crippen molar-refractivity contribution in [2.75, 3.05) is 13.2 Å². The molecule has 4 rings (SSSR count). The fraction of sp³-hybridized carbons (Fsp3) is 0.167. The van der Waals surface area contributed by atoms with Gasteiger partial charge in [0.25, 0.3) is 5.56 Å². The van der Waals surface area contributed by atoms with Crippen LogP contribution in [0.5, 0.6) is 11.5 Å². The van der Waals surface area contributed by atoms with E-state index < -0.39 is 0 Å². The molecule has 2 heterocycles. The Morgan fingerprint density at radius 1 is 1.00 bits per heavy atom. The number of H-pyrrole nitrogens is 1. The molecule has 0 spiro atoms. The van der Waals surface area contributed by atoms with Gasteiger partial charge in [-0.2, -0.15) is 0 Å². The van der Waals surface area contributed by atoms with Gasteiger partial charge in [-0.25, -0.2) is 0 Å². The molecule has 1 N–H and O–H groups in total. The van der Waals surface area contributed by atoms with Crippen LogP contribution in [-0.4, -0.2) is 18.2 Å². The quantitative estimate of drug-likeness (QED) is 0.749. The summed E-state index contributed by atoms with van der Waals surface area (Å²) >= 11 is 0. The molecule has 1 aliphatic heterocycles. The van der Waals surface area contributed by atoms with Crippen LogP contribution in [0.1, 0.15) is 5.56 Å². The predicted molar refractivity (Wildman–Crippen MR) is 85.7 cm³/mol. The van der Waals surface area contributed by atoms with E-state index in [1.807, 2.05) is 49.4 Å². The first-order valence-electron chi connectivity index (χ1n) is 7.26. The number of aromatic amines is 1. The Bertz CT molecular complexity index is 913. The van der Waals surface area contributed by atoms with Crippen molar-refractivity contribution in [2.24, 2.45) is 0 Å². The van der Waals surface area contributed by atoms with Crippen molar-refractivity contribution in [1.82, 2.24) is 4.98 Å². The Labute approximate surface area is 127 Å². The first-order chi connectivity index (χ1) is 10.7. The van der Waals surface area contributed by atoms with E-state index in [-0.39, 0.29) is 5.56 Å². The molecule has 0 bridgehead atoms. The topological polar surface area (TPSA) is 51.3 Å². The van der Waals surface area contributed by atoms with Crippen LogP contribution in [0.25, 0.3) is 22.0 Å². The van der Waals surface area contributed by atoms with E-state index in [1.165, 1.54) is 0 Å². The van der Waals surface area contributed by atoms with Crippen LogP contribution in [0.15, 0.2) is 47.3 Å². The van der Waals surface area contributed by atoms with E-state index in [9.17, 15) is 4.79 Å². The van der Waals surface area contributed by atoms with Crippen molar-refractivity contribution < 1.29 is 9.47 Å². The maximum Gasteiger partial charge on any atom is 0.256 e. The van der Waals surface area contributed by atoms with E-state index >= 15 is 0 Å². The third-order valence-corrected chi connectivity index (χ3v) is 4.00. The average molecular weight is 293 g/mol. The van der Waals surface area contributed by atoms with E-state index in [1.54, 1.807) is 0 Å². The zero-order valence-electron chi connectivity index (χ0n) is 12.2. The maximum atomic E-state index is 12.5. The molecule has 0 unspecified atom stereocenters. The molecule has 1 aromatic heterocycles. The van der Waals surface area contributed by atoms with Gasteiger partial charge in [0.1, 0.15) is 13.2 Å². The van der Waals surface area contributed by atoms with Crippen molar-refractivity contribution in [1.29, 1.82) is 0 Å². The molecule has 0 aliphatic carbocycles. The van der Waals surface area contributed by atoms with Gasteiger partial charge in [-0.05, 0) is 24.1 Å². The summed E-state index contributed by atoms with van der Waals surface area (Å²) in [6, 6.07) is 13.5. The molecule has 3 aromatic rings. The van der Waals surface area contributed by atoms with E-state index in [0.29, 0.717) is 24.5 Å². The molecule has 22 heavy (non-hydrogen) atoms. The van der Waals surface area contributed by atoms with Gasteiger partial charge >= 0.3 is 0 Å². The molecule has 0 radical (unpaired) electrons. The molecule has 1 aliphatic rings. The number of hydrogen-bond acceptors (Lipinski definition) is 3. The lowest BCUT2D eigenvalue weighted by molar-refractivity contribution is 0.172. The minimum atomic E-state index is -0.0899. The summed E-state index contributed by atoms with van der Waals surface area (Å²) in [7, 11) is 0. The van der Waals surface area contributed by atoms with Gasteiger partial charge in [-0.3, -0.25) is 4.79 Å². The van der Waals surface area contributed by atoms with Gasteiger partial charge in [0.05, 0.1) is 11.1 Å². The number of ether oxygens (including phenoxy) is 2. The summed E-state index contributed by atoms with van der Waals surface area (Å²) in [4.78, 5) is 15.5. The lowest BCUT2D eigenvalue weighted by atomic mass is 9.98. The van der Waals surface area contributed by atoms with Gasteiger partial charge in [-0.1, -0.05) is 30.3 Å². The second-order valence-corrected chi connectivity index (χ2v) is 5.36. The fourth-order valence-electron chi connectivity index (χ4n) is 2.94. The summed E-state index contributed by atoms with van der Waals surface area (Å²) in [5.74, 6) is 1.41. The number of pyridine rings is 1. The Hall–Kier alpha value is -2.75. The number of aromatic nitrogens is 1. The van der Waals surface area contributed by atoms with Gasteiger partial charge in [0.2, 0.25) is 0 Å². The Balaban J connectivity index is 2.02. The zero-order valence-corrected chi connectivity index (χ0v) is 12.2. The van der Waals surface area contributed by atoms with Gasteiger partial charge < -0.3 is 14.5 Å². The van der Waals surface area contributed by atoms with Crippen LogP contribution in [0.4, 0.5) is 0 Å². The Morgan fingerprint density at radius 3 is 2.41 bits per heavy atom. The number of aryl methyl sites for hydroxylation is 1. The Kier molecular flexibility index (Phi) is 2.89. The van der Waals surface area contributed by atoms with E-state index in [4.69, 9.17) is 9.47 Å². The number of rotatable bonds is 1. The van der Waals surface area contributed by atoms with E-state index in [2.05, 4.69) is 4.98 Å². The molecule has 0 saturated heterocycles. The number of nitrogens with one attached hydrogen (secondary N) is 1. The molecule has 110 valence electrons. The number of benzene rings is 2. The number of hydrogen-bond donors (Lipinski definition) is 1. The molecule has 0 amide bonds. The average Bonchev–Trinajstić information content (AvgIpc) is 2.54. The normalized spacial score (nSPS) is 13.3. The molecule has 0 atom stereocenters. The third kappa shape index (κ3) is 1.96. The fourth-order valence-corrected chi connectivity index (χ4v) is 2.94. The molecule has 2 aromatic carbocycles. The van der Waals surface area contributed by atoms with Crippen LogP contribution in [0.2, 0.25) is 0 Å². The minimum Gasteiger partial charge on any atom is -0.486 e. The minimum absolute atomic E-state index is 0.0899. The molecular weight excluding hydrogens is 278 g/mol. The first kappa shape index (κ1) is 13.0. The van der Waals surface area contributed by atoms with Crippen LogP contribution in [0, 0.1) is 6.92 Å². The van der Waals surface area contributed by atoms with Crippen LogP contribution < -0.4 is 15.0 Å². The molecule has 0 saturated carbocycles. The first-order valence-corrected chi connectivity index (χ1v) is 7.26.